The van der Waals surface area contributed by atoms with Gasteiger partial charge >= 0.3 is 6.18 Å². The van der Waals surface area contributed by atoms with Crippen LogP contribution in [0, 0.1) is 0 Å². The van der Waals surface area contributed by atoms with Crippen molar-refractivity contribution in [3.05, 3.63) is 60.2 Å². The monoisotopic (exact) mass is 353 g/mol. The Kier molecular flexibility index (Phi) is 6.27. The van der Waals surface area contributed by atoms with Crippen LogP contribution in [0.3, 0.4) is 0 Å². The molecule has 0 aliphatic rings. The van der Waals surface area contributed by atoms with Crippen LogP contribution in [-0.2, 0) is 11.4 Å². The Morgan fingerprint density at radius 2 is 1.52 bits per heavy atom. The van der Waals surface area contributed by atoms with Crippen molar-refractivity contribution in [2.24, 2.45) is 0 Å². The third kappa shape index (κ3) is 6.74. The fourth-order valence-corrected chi connectivity index (χ4v) is 1.99. The van der Waals surface area contributed by atoms with Gasteiger partial charge in [-0.1, -0.05) is 30.3 Å². The fraction of sp³-hybridized carbons (Fsp3) is 0.278. The molecule has 0 unspecified atom stereocenters. The smallest absolute Gasteiger partial charge is 0.406 e. The lowest BCUT2D eigenvalue weighted by molar-refractivity contribution is -0.159. The molecule has 0 saturated carbocycles. The van der Waals surface area contributed by atoms with Crippen molar-refractivity contribution in [3.63, 3.8) is 0 Å². The maximum atomic E-state index is 12.2. The van der Waals surface area contributed by atoms with E-state index in [-0.39, 0.29) is 0 Å². The summed E-state index contributed by atoms with van der Waals surface area (Å²) in [6, 6.07) is 16.2. The van der Waals surface area contributed by atoms with E-state index in [0.717, 1.165) is 12.6 Å². The first-order valence-electron chi connectivity index (χ1n) is 7.54. The predicted molar refractivity (Wildman–Crippen MR) is 86.4 cm³/mol. The molecule has 25 heavy (non-hydrogen) atoms. The van der Waals surface area contributed by atoms with Crippen LogP contribution in [-0.4, -0.2) is 37.2 Å². The third-order valence-electron chi connectivity index (χ3n) is 3.28. The van der Waals surface area contributed by atoms with Crippen LogP contribution in [0.15, 0.2) is 54.6 Å². The standard InChI is InChI=1S/C18H18F3NO3/c1-22(13-18(19,20)21)17(23)12-25-16-9-7-15(8-10-16)24-11-14-5-3-2-4-6-14/h2-10H,11-13H2,1H3. The zero-order valence-corrected chi connectivity index (χ0v) is 13.6. The number of benzene rings is 2. The van der Waals surface area contributed by atoms with Gasteiger partial charge in [-0.2, -0.15) is 13.2 Å². The summed E-state index contributed by atoms with van der Waals surface area (Å²) in [6.45, 7) is -1.35. The SMILES string of the molecule is CN(CC(F)(F)F)C(=O)COc1ccc(OCc2ccccc2)cc1. The largest absolute Gasteiger partial charge is 0.489 e. The van der Waals surface area contributed by atoms with Gasteiger partial charge in [-0.25, -0.2) is 0 Å². The lowest BCUT2D eigenvalue weighted by Gasteiger charge is -2.19. The molecule has 0 spiro atoms. The Morgan fingerprint density at radius 3 is 2.08 bits per heavy atom. The summed E-state index contributed by atoms with van der Waals surface area (Å²) < 4.78 is 47.5. The Morgan fingerprint density at radius 1 is 0.960 bits per heavy atom. The van der Waals surface area contributed by atoms with Gasteiger partial charge < -0.3 is 14.4 Å². The van der Waals surface area contributed by atoms with E-state index in [1.807, 2.05) is 30.3 Å². The molecule has 2 aromatic carbocycles. The summed E-state index contributed by atoms with van der Waals surface area (Å²) in [5.41, 5.74) is 1.03. The van der Waals surface area contributed by atoms with Crippen molar-refractivity contribution in [3.8, 4) is 11.5 Å². The molecule has 1 amide bonds. The van der Waals surface area contributed by atoms with Crippen LogP contribution in [0.5, 0.6) is 11.5 Å². The molecule has 0 aromatic heterocycles. The van der Waals surface area contributed by atoms with Gasteiger partial charge in [0.15, 0.2) is 6.61 Å². The highest BCUT2D eigenvalue weighted by molar-refractivity contribution is 5.77. The van der Waals surface area contributed by atoms with Crippen molar-refractivity contribution in [2.45, 2.75) is 12.8 Å². The first kappa shape index (κ1) is 18.6. The van der Waals surface area contributed by atoms with Crippen LogP contribution >= 0.6 is 0 Å². The molecule has 2 rings (SSSR count). The van der Waals surface area contributed by atoms with Gasteiger partial charge in [-0.3, -0.25) is 4.79 Å². The number of halogens is 3. The van der Waals surface area contributed by atoms with Gasteiger partial charge in [-0.15, -0.1) is 0 Å². The lowest BCUT2D eigenvalue weighted by atomic mass is 10.2. The minimum atomic E-state index is -4.43. The van der Waals surface area contributed by atoms with E-state index in [9.17, 15) is 18.0 Å². The summed E-state index contributed by atoms with van der Waals surface area (Å²) in [5, 5.41) is 0. The van der Waals surface area contributed by atoms with Crippen LogP contribution in [0.2, 0.25) is 0 Å². The highest BCUT2D eigenvalue weighted by Gasteiger charge is 2.31. The second kappa shape index (κ2) is 8.41. The lowest BCUT2D eigenvalue weighted by Crippen LogP contribution is -2.38. The molecular formula is C18H18F3NO3. The van der Waals surface area contributed by atoms with Crippen LogP contribution in [0.4, 0.5) is 13.2 Å². The topological polar surface area (TPSA) is 38.8 Å². The molecule has 0 heterocycles. The highest BCUT2D eigenvalue weighted by atomic mass is 19.4. The molecule has 0 bridgehead atoms. The number of carbonyl (C=O) groups is 1. The first-order chi connectivity index (χ1) is 11.8. The minimum absolute atomic E-state index is 0.376. The molecular weight excluding hydrogens is 335 g/mol. The van der Waals surface area contributed by atoms with Crippen molar-refractivity contribution >= 4 is 5.91 Å². The molecule has 0 atom stereocenters. The number of alkyl halides is 3. The second-order valence-electron chi connectivity index (χ2n) is 5.40. The Balaban J connectivity index is 1.79. The third-order valence-corrected chi connectivity index (χ3v) is 3.28. The molecule has 2 aromatic rings. The molecule has 0 aliphatic heterocycles. The summed E-state index contributed by atoms with van der Waals surface area (Å²) >= 11 is 0. The number of hydrogen-bond acceptors (Lipinski definition) is 3. The fourth-order valence-electron chi connectivity index (χ4n) is 1.99. The second-order valence-corrected chi connectivity index (χ2v) is 5.40. The number of rotatable bonds is 7. The number of ether oxygens (including phenoxy) is 2. The first-order valence-corrected chi connectivity index (χ1v) is 7.54. The average molecular weight is 353 g/mol. The molecule has 7 heteroatoms. The van der Waals surface area contributed by atoms with Crippen molar-refractivity contribution in [1.29, 1.82) is 0 Å². The molecule has 0 saturated heterocycles. The number of carbonyl (C=O) groups excluding carboxylic acids is 1. The van der Waals surface area contributed by atoms with Gasteiger partial charge in [0.2, 0.25) is 0 Å². The minimum Gasteiger partial charge on any atom is -0.489 e. The van der Waals surface area contributed by atoms with E-state index in [2.05, 4.69) is 0 Å². The maximum absolute atomic E-state index is 12.2. The molecule has 0 radical (unpaired) electrons. The van der Waals surface area contributed by atoms with Crippen LogP contribution in [0.1, 0.15) is 5.56 Å². The van der Waals surface area contributed by atoms with Crippen molar-refractivity contribution < 1.29 is 27.4 Å². The van der Waals surface area contributed by atoms with Crippen LogP contribution < -0.4 is 9.47 Å². The van der Waals surface area contributed by atoms with E-state index in [0.29, 0.717) is 23.0 Å². The summed E-state index contributed by atoms with van der Waals surface area (Å²) in [4.78, 5) is 12.2. The normalized spacial score (nSPS) is 11.0. The Labute approximate surface area is 143 Å². The quantitative estimate of drug-likeness (QED) is 0.762. The van der Waals surface area contributed by atoms with Crippen molar-refractivity contribution in [2.75, 3.05) is 20.2 Å². The van der Waals surface area contributed by atoms with E-state index in [4.69, 9.17) is 9.47 Å². The predicted octanol–water partition coefficient (Wildman–Crippen LogP) is 3.67. The number of nitrogens with zero attached hydrogens (tertiary/aromatic N) is 1. The zero-order chi connectivity index (χ0) is 18.3. The molecule has 0 aliphatic carbocycles. The van der Waals surface area contributed by atoms with Gasteiger partial charge in [0, 0.05) is 7.05 Å². The maximum Gasteiger partial charge on any atom is 0.406 e. The van der Waals surface area contributed by atoms with Gasteiger partial charge in [-0.05, 0) is 29.8 Å². The van der Waals surface area contributed by atoms with E-state index in [1.165, 1.54) is 0 Å². The summed E-state index contributed by atoms with van der Waals surface area (Å²) in [6.07, 6.45) is -4.43. The van der Waals surface area contributed by atoms with E-state index < -0.39 is 25.2 Å². The summed E-state index contributed by atoms with van der Waals surface area (Å²) in [7, 11) is 1.08. The molecule has 0 N–H and O–H groups in total. The van der Waals surface area contributed by atoms with Crippen LogP contribution in [0.25, 0.3) is 0 Å². The van der Waals surface area contributed by atoms with Gasteiger partial charge in [0.05, 0.1) is 0 Å². The molecule has 4 nitrogen and oxygen atoms in total. The van der Waals surface area contributed by atoms with E-state index >= 15 is 0 Å². The number of amides is 1. The Hall–Kier alpha value is -2.70. The van der Waals surface area contributed by atoms with Gasteiger partial charge in [0.25, 0.3) is 5.91 Å². The zero-order valence-electron chi connectivity index (χ0n) is 13.6. The summed E-state index contributed by atoms with van der Waals surface area (Å²) in [5.74, 6) is 0.249. The molecule has 134 valence electrons. The highest BCUT2D eigenvalue weighted by Crippen LogP contribution is 2.19. The van der Waals surface area contributed by atoms with Crippen molar-refractivity contribution in [1.82, 2.24) is 4.90 Å². The Bertz CT molecular complexity index is 672. The van der Waals surface area contributed by atoms with Gasteiger partial charge in [0.1, 0.15) is 24.7 Å². The average Bonchev–Trinajstić information content (AvgIpc) is 2.58. The number of hydrogen-bond donors (Lipinski definition) is 0. The molecule has 0 fully saturated rings. The van der Waals surface area contributed by atoms with E-state index in [1.54, 1.807) is 24.3 Å². The number of likely N-dealkylation sites (N-methyl/N-ethyl adjacent to an activating group) is 1.